The maximum Gasteiger partial charge on any atom is 0.181 e. The number of nitrogens with one attached hydrogen (secondary N) is 2. The number of fused-ring (bicyclic) bond motifs is 2. The normalized spacial score (nSPS) is 11.3. The molecular weight excluding hydrogens is 372 g/mol. The molecule has 0 fully saturated rings. The third-order valence-electron chi connectivity index (χ3n) is 5.35. The van der Waals surface area contributed by atoms with Gasteiger partial charge in [0.25, 0.3) is 0 Å². The Hall–Kier alpha value is -4.32. The van der Waals surface area contributed by atoms with E-state index in [1.807, 2.05) is 42.9 Å². The summed E-state index contributed by atoms with van der Waals surface area (Å²) < 4.78 is 0. The van der Waals surface area contributed by atoms with E-state index in [0.717, 1.165) is 49.9 Å². The highest BCUT2D eigenvalue weighted by atomic mass is 15.2. The van der Waals surface area contributed by atoms with E-state index in [-0.39, 0.29) is 0 Å². The van der Waals surface area contributed by atoms with Crippen LogP contribution in [0.4, 0.5) is 0 Å². The van der Waals surface area contributed by atoms with Crippen molar-refractivity contribution in [1.29, 1.82) is 0 Å². The van der Waals surface area contributed by atoms with Crippen LogP contribution in [0, 0.1) is 0 Å². The van der Waals surface area contributed by atoms with Gasteiger partial charge in [0.1, 0.15) is 0 Å². The number of rotatable bonds is 3. The molecule has 0 aliphatic rings. The minimum absolute atomic E-state index is 0.691. The number of aromatic amines is 2. The summed E-state index contributed by atoms with van der Waals surface area (Å²) in [6.45, 7) is 0. The van der Waals surface area contributed by atoms with Crippen molar-refractivity contribution in [2.75, 3.05) is 0 Å². The number of hydrogen-bond acceptors (Lipinski definition) is 4. The first-order chi connectivity index (χ1) is 14.9. The Morgan fingerprint density at radius 3 is 2.27 bits per heavy atom. The van der Waals surface area contributed by atoms with Gasteiger partial charge in [0.15, 0.2) is 5.65 Å². The first-order valence-corrected chi connectivity index (χ1v) is 9.64. The van der Waals surface area contributed by atoms with Crippen molar-refractivity contribution in [3.05, 3.63) is 85.6 Å². The van der Waals surface area contributed by atoms with Gasteiger partial charge in [-0.05, 0) is 59.2 Å². The Morgan fingerprint density at radius 1 is 0.700 bits per heavy atom. The van der Waals surface area contributed by atoms with E-state index < -0.39 is 0 Å². The molecule has 6 rings (SSSR count). The van der Waals surface area contributed by atoms with E-state index in [1.165, 1.54) is 0 Å². The number of hydrogen-bond donors (Lipinski definition) is 2. The second kappa shape index (κ2) is 6.63. The molecule has 0 saturated heterocycles. The SMILES string of the molecule is c1cc(-c2ccncc2)c2cc(-c3[nH]nc4ncc(-c5ccncc5)cc34)[nH]c2c1. The fraction of sp³-hybridized carbons (Fsp3) is 0. The Bertz CT molecular complexity index is 1480. The molecular formula is C24H16N6. The van der Waals surface area contributed by atoms with Gasteiger partial charge in [-0.2, -0.15) is 5.10 Å². The lowest BCUT2D eigenvalue weighted by Gasteiger charge is -2.02. The maximum absolute atomic E-state index is 4.54. The second-order valence-corrected chi connectivity index (χ2v) is 7.12. The molecule has 30 heavy (non-hydrogen) atoms. The molecule has 6 aromatic rings. The van der Waals surface area contributed by atoms with Crippen LogP contribution in [-0.4, -0.2) is 30.1 Å². The molecule has 5 heterocycles. The molecule has 6 nitrogen and oxygen atoms in total. The summed E-state index contributed by atoms with van der Waals surface area (Å²) in [5.41, 5.74) is 8.06. The zero-order valence-electron chi connectivity index (χ0n) is 15.9. The molecule has 0 spiro atoms. The quantitative estimate of drug-likeness (QED) is 0.435. The van der Waals surface area contributed by atoms with Crippen LogP contribution in [-0.2, 0) is 0 Å². The summed E-state index contributed by atoms with van der Waals surface area (Å²) in [5, 5.41) is 9.69. The summed E-state index contributed by atoms with van der Waals surface area (Å²) in [5.74, 6) is 0. The highest BCUT2D eigenvalue weighted by Crippen LogP contribution is 2.34. The van der Waals surface area contributed by atoms with Crippen molar-refractivity contribution >= 4 is 21.9 Å². The summed E-state index contributed by atoms with van der Waals surface area (Å²) in [7, 11) is 0. The molecule has 5 aromatic heterocycles. The molecule has 0 amide bonds. The van der Waals surface area contributed by atoms with E-state index in [2.05, 4.69) is 60.5 Å². The molecule has 0 radical (unpaired) electrons. The summed E-state index contributed by atoms with van der Waals surface area (Å²) in [6, 6.07) is 18.6. The van der Waals surface area contributed by atoms with Crippen molar-refractivity contribution in [3.63, 3.8) is 0 Å². The smallest absolute Gasteiger partial charge is 0.181 e. The van der Waals surface area contributed by atoms with Crippen molar-refractivity contribution in [2.45, 2.75) is 0 Å². The van der Waals surface area contributed by atoms with Gasteiger partial charge in [-0.25, -0.2) is 4.98 Å². The third kappa shape index (κ3) is 2.66. The van der Waals surface area contributed by atoms with Crippen LogP contribution in [0.5, 0.6) is 0 Å². The van der Waals surface area contributed by atoms with Crippen LogP contribution in [0.1, 0.15) is 0 Å². The summed E-state index contributed by atoms with van der Waals surface area (Å²) in [4.78, 5) is 16.3. The van der Waals surface area contributed by atoms with Gasteiger partial charge in [0.05, 0.1) is 11.4 Å². The fourth-order valence-electron chi connectivity index (χ4n) is 3.88. The lowest BCUT2D eigenvalue weighted by atomic mass is 10.0. The Morgan fingerprint density at radius 2 is 1.47 bits per heavy atom. The predicted molar refractivity (Wildman–Crippen MR) is 118 cm³/mol. The van der Waals surface area contributed by atoms with Gasteiger partial charge >= 0.3 is 0 Å². The van der Waals surface area contributed by atoms with Crippen LogP contribution in [0.2, 0.25) is 0 Å². The minimum atomic E-state index is 0.691. The average Bonchev–Trinajstić information content (AvgIpc) is 3.43. The second-order valence-electron chi connectivity index (χ2n) is 7.12. The topological polar surface area (TPSA) is 83.1 Å². The van der Waals surface area contributed by atoms with Crippen LogP contribution < -0.4 is 0 Å². The van der Waals surface area contributed by atoms with Gasteiger partial charge in [-0.1, -0.05) is 12.1 Å². The summed E-state index contributed by atoms with van der Waals surface area (Å²) in [6.07, 6.45) is 9.05. The van der Waals surface area contributed by atoms with Crippen LogP contribution in [0.3, 0.4) is 0 Å². The van der Waals surface area contributed by atoms with Crippen molar-refractivity contribution in [3.8, 4) is 33.6 Å². The number of benzene rings is 1. The fourth-order valence-corrected chi connectivity index (χ4v) is 3.88. The lowest BCUT2D eigenvalue weighted by Crippen LogP contribution is -1.83. The molecule has 0 aliphatic carbocycles. The molecule has 2 N–H and O–H groups in total. The highest BCUT2D eigenvalue weighted by Gasteiger charge is 2.14. The summed E-state index contributed by atoms with van der Waals surface area (Å²) >= 11 is 0. The van der Waals surface area contributed by atoms with Gasteiger partial charge in [0.2, 0.25) is 0 Å². The Kier molecular flexibility index (Phi) is 3.67. The minimum Gasteiger partial charge on any atom is -0.353 e. The first-order valence-electron chi connectivity index (χ1n) is 9.64. The molecule has 0 unspecified atom stereocenters. The van der Waals surface area contributed by atoms with E-state index in [9.17, 15) is 0 Å². The molecule has 0 saturated carbocycles. The first kappa shape index (κ1) is 16.6. The van der Waals surface area contributed by atoms with Crippen LogP contribution in [0.25, 0.3) is 55.6 Å². The van der Waals surface area contributed by atoms with Gasteiger partial charge in [0, 0.05) is 52.8 Å². The molecule has 1 aromatic carbocycles. The third-order valence-corrected chi connectivity index (χ3v) is 5.35. The number of H-pyrrole nitrogens is 2. The van der Waals surface area contributed by atoms with Crippen LogP contribution in [0.15, 0.2) is 85.6 Å². The zero-order chi connectivity index (χ0) is 19.9. The Balaban J connectivity index is 1.52. The highest BCUT2D eigenvalue weighted by molar-refractivity contribution is 6.01. The molecule has 6 heteroatoms. The zero-order valence-corrected chi connectivity index (χ0v) is 15.9. The van der Waals surface area contributed by atoms with E-state index in [0.29, 0.717) is 5.65 Å². The average molecular weight is 388 g/mol. The van der Waals surface area contributed by atoms with Crippen molar-refractivity contribution < 1.29 is 0 Å². The molecule has 0 aliphatic heterocycles. The van der Waals surface area contributed by atoms with Crippen LogP contribution >= 0.6 is 0 Å². The van der Waals surface area contributed by atoms with E-state index >= 15 is 0 Å². The standard InChI is InChI=1S/C24H16N6/c1-2-18(16-6-10-26-11-7-16)19-13-22(28-21(19)3-1)23-20-12-17(14-27-24(20)30-29-23)15-4-8-25-9-5-15/h1-14,28H,(H,27,29,30). The number of pyridine rings is 3. The Labute approximate surface area is 171 Å². The van der Waals surface area contributed by atoms with Gasteiger partial charge < -0.3 is 4.98 Å². The van der Waals surface area contributed by atoms with Crippen molar-refractivity contribution in [1.82, 2.24) is 30.1 Å². The van der Waals surface area contributed by atoms with E-state index in [4.69, 9.17) is 0 Å². The van der Waals surface area contributed by atoms with Gasteiger partial charge in [-0.15, -0.1) is 0 Å². The monoisotopic (exact) mass is 388 g/mol. The van der Waals surface area contributed by atoms with Crippen molar-refractivity contribution in [2.24, 2.45) is 0 Å². The predicted octanol–water partition coefficient (Wildman–Crippen LogP) is 5.23. The number of aromatic nitrogens is 6. The largest absolute Gasteiger partial charge is 0.353 e. The van der Waals surface area contributed by atoms with E-state index in [1.54, 1.807) is 12.4 Å². The lowest BCUT2D eigenvalue weighted by molar-refractivity contribution is 1.10. The molecule has 0 atom stereocenters. The molecule has 0 bridgehead atoms. The molecule has 142 valence electrons. The maximum atomic E-state index is 4.54. The van der Waals surface area contributed by atoms with Gasteiger partial charge in [-0.3, -0.25) is 15.1 Å². The number of nitrogens with zero attached hydrogens (tertiary/aromatic N) is 4.